The highest BCUT2D eigenvalue weighted by molar-refractivity contribution is 6.34. The number of carbonyl (C=O) groups is 1. The summed E-state index contributed by atoms with van der Waals surface area (Å²) in [4.78, 5) is 18.6. The van der Waals surface area contributed by atoms with Crippen molar-refractivity contribution in [1.82, 2.24) is 20.1 Å². The van der Waals surface area contributed by atoms with Gasteiger partial charge in [0.1, 0.15) is 5.15 Å². The molecule has 0 aliphatic carbocycles. The van der Waals surface area contributed by atoms with Gasteiger partial charge in [-0.05, 0) is 25.1 Å². The molecule has 0 unspecified atom stereocenters. The monoisotopic (exact) mass is 389 g/mol. The van der Waals surface area contributed by atoms with Crippen LogP contribution in [0.2, 0.25) is 10.2 Å². The molecule has 134 valence electrons. The number of nitrogens with one attached hydrogen (secondary N) is 1. The van der Waals surface area contributed by atoms with Crippen LogP contribution >= 0.6 is 23.2 Å². The van der Waals surface area contributed by atoms with Crippen LogP contribution in [0.3, 0.4) is 0 Å². The van der Waals surface area contributed by atoms with E-state index in [1.165, 1.54) is 6.20 Å². The zero-order valence-electron chi connectivity index (χ0n) is 14.3. The maximum atomic E-state index is 12.6. The van der Waals surface area contributed by atoms with Crippen molar-refractivity contribution >= 4 is 45.7 Å². The molecule has 1 aliphatic rings. The van der Waals surface area contributed by atoms with E-state index in [1.807, 2.05) is 30.8 Å². The minimum Gasteiger partial charge on any atom is -0.366 e. The van der Waals surface area contributed by atoms with Gasteiger partial charge in [0.2, 0.25) is 0 Å². The lowest BCUT2D eigenvalue weighted by Crippen LogP contribution is -2.59. The number of hydrogen-bond donors (Lipinski definition) is 1. The highest BCUT2D eigenvalue weighted by Gasteiger charge is 2.30. The van der Waals surface area contributed by atoms with Crippen molar-refractivity contribution in [3.63, 3.8) is 0 Å². The summed E-state index contributed by atoms with van der Waals surface area (Å²) < 4.78 is 1.82. The normalized spacial score (nSPS) is 14.5. The number of aromatic nitrogens is 3. The molecular weight excluding hydrogens is 373 g/mol. The lowest BCUT2D eigenvalue weighted by Gasteiger charge is -2.41. The molecule has 2 aromatic heterocycles. The van der Waals surface area contributed by atoms with Crippen molar-refractivity contribution in [2.45, 2.75) is 13.0 Å². The molecule has 0 spiro atoms. The molecule has 1 fully saturated rings. The second kappa shape index (κ2) is 6.45. The maximum absolute atomic E-state index is 12.6. The van der Waals surface area contributed by atoms with Gasteiger partial charge in [0.05, 0.1) is 22.3 Å². The molecule has 0 saturated carbocycles. The standard InChI is InChI=1S/C18H17Cl2N5O/c1-10-13-5-11(3-4-15(13)23-24(10)2)18(26)22-12-8-25(9-12)16-6-17(20)21-7-14(16)19/h3-7,12H,8-9H2,1-2H3,(H,22,26). The number of fused-ring (bicyclic) bond motifs is 1. The Balaban J connectivity index is 1.43. The Bertz CT molecular complexity index is 1010. The minimum atomic E-state index is -0.0846. The van der Waals surface area contributed by atoms with Gasteiger partial charge in [0, 0.05) is 49.0 Å². The molecule has 0 radical (unpaired) electrons. The Morgan fingerprint density at radius 3 is 2.81 bits per heavy atom. The Morgan fingerprint density at radius 2 is 2.04 bits per heavy atom. The molecule has 0 atom stereocenters. The number of aryl methyl sites for hydroxylation is 2. The minimum absolute atomic E-state index is 0.0659. The van der Waals surface area contributed by atoms with Gasteiger partial charge in [-0.25, -0.2) is 4.98 Å². The predicted molar refractivity (Wildman–Crippen MR) is 103 cm³/mol. The van der Waals surface area contributed by atoms with E-state index in [0.29, 0.717) is 28.8 Å². The number of halogens is 2. The number of hydrogen-bond acceptors (Lipinski definition) is 4. The molecule has 8 heteroatoms. The van der Waals surface area contributed by atoms with Crippen LogP contribution in [0.1, 0.15) is 16.1 Å². The third kappa shape index (κ3) is 2.99. The second-order valence-electron chi connectivity index (χ2n) is 6.47. The van der Waals surface area contributed by atoms with E-state index in [-0.39, 0.29) is 11.9 Å². The highest BCUT2D eigenvalue weighted by atomic mass is 35.5. The molecule has 6 nitrogen and oxygen atoms in total. The third-order valence-corrected chi connectivity index (χ3v) is 5.25. The van der Waals surface area contributed by atoms with Crippen molar-refractivity contribution in [3.05, 3.63) is 51.9 Å². The summed E-state index contributed by atoms with van der Waals surface area (Å²) in [6.07, 6.45) is 1.54. The smallest absolute Gasteiger partial charge is 0.251 e. The summed E-state index contributed by atoms with van der Waals surface area (Å²) in [5.41, 5.74) is 3.40. The van der Waals surface area contributed by atoms with E-state index in [2.05, 4.69) is 20.3 Å². The molecule has 4 rings (SSSR count). The average molecular weight is 390 g/mol. The van der Waals surface area contributed by atoms with Gasteiger partial charge < -0.3 is 10.2 Å². The summed E-state index contributed by atoms with van der Waals surface area (Å²) >= 11 is 12.1. The van der Waals surface area contributed by atoms with Gasteiger partial charge in [-0.15, -0.1) is 0 Å². The van der Waals surface area contributed by atoms with E-state index in [0.717, 1.165) is 22.3 Å². The summed E-state index contributed by atoms with van der Waals surface area (Å²) in [5, 5.41) is 9.41. The van der Waals surface area contributed by atoms with E-state index in [4.69, 9.17) is 23.2 Å². The fourth-order valence-electron chi connectivity index (χ4n) is 3.15. The summed E-state index contributed by atoms with van der Waals surface area (Å²) in [6.45, 7) is 3.35. The Hall–Kier alpha value is -2.31. The number of carbonyl (C=O) groups excluding carboxylic acids is 1. The summed E-state index contributed by atoms with van der Waals surface area (Å²) in [6, 6.07) is 7.38. The van der Waals surface area contributed by atoms with Crippen molar-refractivity contribution < 1.29 is 4.79 Å². The van der Waals surface area contributed by atoms with E-state index < -0.39 is 0 Å². The van der Waals surface area contributed by atoms with Crippen molar-refractivity contribution in [2.75, 3.05) is 18.0 Å². The third-order valence-electron chi connectivity index (χ3n) is 4.75. The average Bonchev–Trinajstić information content (AvgIpc) is 2.87. The summed E-state index contributed by atoms with van der Waals surface area (Å²) in [5.74, 6) is -0.0846. The van der Waals surface area contributed by atoms with Crippen molar-refractivity contribution in [2.24, 2.45) is 7.05 Å². The van der Waals surface area contributed by atoms with Crippen LogP contribution in [0.5, 0.6) is 0 Å². The Labute approximate surface area is 160 Å². The molecule has 1 saturated heterocycles. The quantitative estimate of drug-likeness (QED) is 0.698. The van der Waals surface area contributed by atoms with Gasteiger partial charge in [-0.3, -0.25) is 9.48 Å². The number of benzene rings is 1. The Kier molecular flexibility index (Phi) is 4.25. The van der Waals surface area contributed by atoms with Crippen LogP contribution < -0.4 is 10.2 Å². The highest BCUT2D eigenvalue weighted by Crippen LogP contribution is 2.30. The first-order chi connectivity index (χ1) is 12.4. The van der Waals surface area contributed by atoms with Gasteiger partial charge in [0.15, 0.2) is 0 Å². The molecule has 1 aromatic carbocycles. The maximum Gasteiger partial charge on any atom is 0.251 e. The second-order valence-corrected chi connectivity index (χ2v) is 7.27. The van der Waals surface area contributed by atoms with Gasteiger partial charge in [0.25, 0.3) is 5.91 Å². The number of anilines is 1. The van der Waals surface area contributed by atoms with E-state index in [1.54, 1.807) is 12.1 Å². The first-order valence-electron chi connectivity index (χ1n) is 8.22. The number of rotatable bonds is 3. The van der Waals surface area contributed by atoms with Crippen LogP contribution in [0.15, 0.2) is 30.5 Å². The lowest BCUT2D eigenvalue weighted by atomic mass is 10.1. The van der Waals surface area contributed by atoms with Crippen molar-refractivity contribution in [3.8, 4) is 0 Å². The first-order valence-corrected chi connectivity index (χ1v) is 8.98. The number of amides is 1. The largest absolute Gasteiger partial charge is 0.366 e. The molecule has 0 bridgehead atoms. The van der Waals surface area contributed by atoms with Crippen LogP contribution in [0.4, 0.5) is 5.69 Å². The van der Waals surface area contributed by atoms with Crippen LogP contribution in [-0.4, -0.2) is 39.8 Å². The lowest BCUT2D eigenvalue weighted by molar-refractivity contribution is 0.0930. The number of pyridine rings is 1. The fraction of sp³-hybridized carbons (Fsp3) is 0.278. The zero-order valence-corrected chi connectivity index (χ0v) is 15.8. The van der Waals surface area contributed by atoms with E-state index >= 15 is 0 Å². The molecule has 3 heterocycles. The van der Waals surface area contributed by atoms with Crippen LogP contribution in [0, 0.1) is 6.92 Å². The van der Waals surface area contributed by atoms with Gasteiger partial charge in [-0.2, -0.15) is 5.10 Å². The number of nitrogens with zero attached hydrogens (tertiary/aromatic N) is 4. The molecule has 3 aromatic rings. The molecule has 1 amide bonds. The molecule has 26 heavy (non-hydrogen) atoms. The SMILES string of the molecule is Cc1c2cc(C(=O)NC3CN(c4cc(Cl)ncc4Cl)C3)ccc2nn1C. The Morgan fingerprint density at radius 1 is 1.27 bits per heavy atom. The summed E-state index contributed by atoms with van der Waals surface area (Å²) in [7, 11) is 1.90. The van der Waals surface area contributed by atoms with Crippen LogP contribution in [-0.2, 0) is 7.05 Å². The van der Waals surface area contributed by atoms with Crippen LogP contribution in [0.25, 0.3) is 10.9 Å². The van der Waals surface area contributed by atoms with Gasteiger partial charge in [-0.1, -0.05) is 23.2 Å². The topological polar surface area (TPSA) is 63.1 Å². The van der Waals surface area contributed by atoms with Crippen molar-refractivity contribution in [1.29, 1.82) is 0 Å². The predicted octanol–water partition coefficient (Wildman–Crippen LogP) is 3.20. The van der Waals surface area contributed by atoms with E-state index in [9.17, 15) is 4.79 Å². The van der Waals surface area contributed by atoms with Gasteiger partial charge >= 0.3 is 0 Å². The zero-order chi connectivity index (χ0) is 18.4. The molecule has 1 aliphatic heterocycles. The fourth-order valence-corrected chi connectivity index (χ4v) is 3.52. The first kappa shape index (κ1) is 17.1. The molecular formula is C18H17Cl2N5O. The molecule has 1 N–H and O–H groups in total.